The monoisotopic (exact) mass is 286 g/mol. The van der Waals surface area contributed by atoms with Crippen molar-refractivity contribution in [2.24, 2.45) is 17.6 Å². The maximum Gasteiger partial charge on any atom is 0.227 e. The molecule has 1 amide bonds. The fourth-order valence-electron chi connectivity index (χ4n) is 4.07. The van der Waals surface area contributed by atoms with Crippen LogP contribution in [0.25, 0.3) is 0 Å². The minimum absolute atomic E-state index is 0.0745. The number of piperidine rings is 1. The van der Waals surface area contributed by atoms with Gasteiger partial charge in [0.25, 0.3) is 0 Å². The van der Waals surface area contributed by atoms with Crippen LogP contribution in [0.1, 0.15) is 44.1 Å². The summed E-state index contributed by atoms with van der Waals surface area (Å²) in [6.07, 6.45) is 4.16. The third-order valence-electron chi connectivity index (χ3n) is 5.33. The summed E-state index contributed by atoms with van der Waals surface area (Å²) in [7, 11) is 0. The third-order valence-corrected chi connectivity index (χ3v) is 5.33. The second kappa shape index (κ2) is 6.18. The predicted octanol–water partition coefficient (Wildman–Crippen LogP) is 2.77. The number of nitrogens with zero attached hydrogens (tertiary/aromatic N) is 1. The maximum absolute atomic E-state index is 12.6. The van der Waals surface area contributed by atoms with Gasteiger partial charge in [-0.1, -0.05) is 43.7 Å². The summed E-state index contributed by atoms with van der Waals surface area (Å²) in [4.78, 5) is 14.7. The SMILES string of the molecule is C[C@@H]1CN(C(=O)[C@@H]2CCC[C@@H]2N)CC[C@@H]1c1ccccc1. The first-order valence-corrected chi connectivity index (χ1v) is 8.26. The minimum atomic E-state index is 0.0745. The van der Waals surface area contributed by atoms with E-state index in [1.54, 1.807) is 0 Å². The van der Waals surface area contributed by atoms with Crippen LogP contribution >= 0.6 is 0 Å². The van der Waals surface area contributed by atoms with Crippen molar-refractivity contribution in [1.29, 1.82) is 0 Å². The summed E-state index contributed by atoms with van der Waals surface area (Å²) in [5.41, 5.74) is 7.50. The molecular formula is C18H26N2O. The van der Waals surface area contributed by atoms with Gasteiger partial charge < -0.3 is 10.6 Å². The van der Waals surface area contributed by atoms with E-state index in [0.29, 0.717) is 17.7 Å². The van der Waals surface area contributed by atoms with Crippen LogP contribution in [0.15, 0.2) is 30.3 Å². The highest BCUT2D eigenvalue weighted by atomic mass is 16.2. The highest BCUT2D eigenvalue weighted by Gasteiger charge is 2.36. The van der Waals surface area contributed by atoms with Gasteiger partial charge >= 0.3 is 0 Å². The molecule has 0 bridgehead atoms. The maximum atomic E-state index is 12.6. The Hall–Kier alpha value is -1.35. The Bertz CT molecular complexity index is 487. The lowest BCUT2D eigenvalue weighted by molar-refractivity contribution is -0.137. The van der Waals surface area contributed by atoms with Gasteiger partial charge in [0.2, 0.25) is 5.91 Å². The highest BCUT2D eigenvalue weighted by molar-refractivity contribution is 5.80. The zero-order chi connectivity index (χ0) is 14.8. The molecule has 4 atom stereocenters. The molecule has 2 aliphatic rings. The normalized spacial score (nSPS) is 33.1. The number of hydrogen-bond donors (Lipinski definition) is 1. The summed E-state index contributed by atoms with van der Waals surface area (Å²) in [5.74, 6) is 1.47. The quantitative estimate of drug-likeness (QED) is 0.908. The summed E-state index contributed by atoms with van der Waals surface area (Å²) >= 11 is 0. The van der Waals surface area contributed by atoms with Crippen molar-refractivity contribution < 1.29 is 4.79 Å². The molecule has 1 heterocycles. The zero-order valence-corrected chi connectivity index (χ0v) is 12.9. The third kappa shape index (κ3) is 2.98. The molecule has 3 heteroatoms. The van der Waals surface area contributed by atoms with Gasteiger partial charge in [-0.25, -0.2) is 0 Å². The van der Waals surface area contributed by atoms with Crippen molar-refractivity contribution in [2.45, 2.75) is 44.6 Å². The number of amides is 1. The van der Waals surface area contributed by atoms with Crippen molar-refractivity contribution in [2.75, 3.05) is 13.1 Å². The minimum Gasteiger partial charge on any atom is -0.342 e. The van der Waals surface area contributed by atoms with Crippen LogP contribution in [0.2, 0.25) is 0 Å². The molecule has 1 aliphatic carbocycles. The second-order valence-corrected chi connectivity index (χ2v) is 6.77. The van der Waals surface area contributed by atoms with Crippen LogP contribution in [-0.4, -0.2) is 29.9 Å². The van der Waals surface area contributed by atoms with E-state index in [4.69, 9.17) is 5.73 Å². The van der Waals surface area contributed by atoms with Crippen LogP contribution in [0.4, 0.5) is 0 Å². The lowest BCUT2D eigenvalue weighted by Gasteiger charge is -2.38. The molecule has 0 radical (unpaired) electrons. The summed E-state index contributed by atoms with van der Waals surface area (Å²) in [6.45, 7) is 4.03. The van der Waals surface area contributed by atoms with Gasteiger partial charge in [0.1, 0.15) is 0 Å². The Balaban J connectivity index is 1.64. The lowest BCUT2D eigenvalue weighted by Crippen LogP contribution is -2.47. The number of carbonyl (C=O) groups excluding carboxylic acids is 1. The number of benzene rings is 1. The standard InChI is InChI=1S/C18H26N2O/c1-13-12-20(18(21)16-8-5-9-17(16)19)11-10-15(13)14-6-3-2-4-7-14/h2-4,6-7,13,15-17H,5,8-12,19H2,1H3/t13-,15+,16-,17+/m1/s1. The topological polar surface area (TPSA) is 46.3 Å². The van der Waals surface area contributed by atoms with Crippen molar-refractivity contribution in [3.8, 4) is 0 Å². The number of nitrogens with two attached hydrogens (primary N) is 1. The average molecular weight is 286 g/mol. The first-order chi connectivity index (χ1) is 10.2. The van der Waals surface area contributed by atoms with Crippen molar-refractivity contribution in [3.05, 3.63) is 35.9 Å². The molecule has 2 N–H and O–H groups in total. The molecule has 0 unspecified atom stereocenters. The molecule has 0 spiro atoms. The summed E-state index contributed by atoms with van der Waals surface area (Å²) in [6, 6.07) is 10.8. The molecule has 21 heavy (non-hydrogen) atoms. The number of carbonyl (C=O) groups is 1. The van der Waals surface area contributed by atoms with Crippen molar-refractivity contribution in [1.82, 2.24) is 4.90 Å². The highest BCUT2D eigenvalue weighted by Crippen LogP contribution is 2.34. The fourth-order valence-corrected chi connectivity index (χ4v) is 4.07. The molecular weight excluding hydrogens is 260 g/mol. The van der Waals surface area contributed by atoms with Gasteiger partial charge in [-0.3, -0.25) is 4.79 Å². The predicted molar refractivity (Wildman–Crippen MR) is 84.9 cm³/mol. The van der Waals surface area contributed by atoms with Gasteiger partial charge in [-0.2, -0.15) is 0 Å². The zero-order valence-electron chi connectivity index (χ0n) is 12.9. The van der Waals surface area contributed by atoms with Crippen LogP contribution in [0.3, 0.4) is 0 Å². The first kappa shape index (κ1) is 14.6. The van der Waals surface area contributed by atoms with E-state index in [1.165, 1.54) is 5.56 Å². The van der Waals surface area contributed by atoms with E-state index >= 15 is 0 Å². The van der Waals surface area contributed by atoms with Gasteiger partial charge in [-0.05, 0) is 36.7 Å². The van der Waals surface area contributed by atoms with Crippen LogP contribution in [0, 0.1) is 11.8 Å². The second-order valence-electron chi connectivity index (χ2n) is 6.77. The van der Waals surface area contributed by atoms with Crippen molar-refractivity contribution in [3.63, 3.8) is 0 Å². The molecule has 1 saturated carbocycles. The van der Waals surface area contributed by atoms with Gasteiger partial charge in [-0.15, -0.1) is 0 Å². The molecule has 1 aliphatic heterocycles. The molecule has 3 nitrogen and oxygen atoms in total. The molecule has 1 saturated heterocycles. The largest absolute Gasteiger partial charge is 0.342 e. The van der Waals surface area contributed by atoms with Crippen LogP contribution in [0.5, 0.6) is 0 Å². The van der Waals surface area contributed by atoms with Gasteiger partial charge in [0.05, 0.1) is 5.92 Å². The Kier molecular flexibility index (Phi) is 4.29. The molecule has 1 aromatic carbocycles. The molecule has 2 fully saturated rings. The fraction of sp³-hybridized carbons (Fsp3) is 0.611. The first-order valence-electron chi connectivity index (χ1n) is 8.26. The van der Waals surface area contributed by atoms with E-state index < -0.39 is 0 Å². The van der Waals surface area contributed by atoms with Crippen LogP contribution < -0.4 is 5.73 Å². The Morgan fingerprint density at radius 3 is 2.57 bits per heavy atom. The number of likely N-dealkylation sites (tertiary alicyclic amines) is 1. The molecule has 0 aromatic heterocycles. The molecule has 114 valence electrons. The molecule has 3 rings (SSSR count). The summed E-state index contributed by atoms with van der Waals surface area (Å²) < 4.78 is 0. The van der Waals surface area contributed by atoms with Crippen molar-refractivity contribution >= 4 is 5.91 Å². The van der Waals surface area contributed by atoms with E-state index in [0.717, 1.165) is 38.8 Å². The Morgan fingerprint density at radius 2 is 1.95 bits per heavy atom. The lowest BCUT2D eigenvalue weighted by atomic mass is 9.81. The van der Waals surface area contributed by atoms with E-state index in [1.807, 2.05) is 0 Å². The Morgan fingerprint density at radius 1 is 1.19 bits per heavy atom. The van der Waals surface area contributed by atoms with E-state index in [-0.39, 0.29) is 12.0 Å². The van der Waals surface area contributed by atoms with Gasteiger partial charge in [0, 0.05) is 19.1 Å². The van der Waals surface area contributed by atoms with E-state index in [9.17, 15) is 4.79 Å². The number of rotatable bonds is 2. The van der Waals surface area contributed by atoms with Crippen LogP contribution in [-0.2, 0) is 4.79 Å². The Labute approximate surface area is 127 Å². The van der Waals surface area contributed by atoms with Gasteiger partial charge in [0.15, 0.2) is 0 Å². The smallest absolute Gasteiger partial charge is 0.227 e. The molecule has 1 aromatic rings. The average Bonchev–Trinajstić information content (AvgIpc) is 2.93. The van der Waals surface area contributed by atoms with E-state index in [2.05, 4.69) is 42.2 Å². The number of hydrogen-bond acceptors (Lipinski definition) is 2. The summed E-state index contributed by atoms with van der Waals surface area (Å²) in [5, 5.41) is 0.